The number of benzene rings is 2. The molecule has 0 aliphatic rings. The van der Waals surface area contributed by atoms with Gasteiger partial charge in [0.2, 0.25) is 0 Å². The number of ether oxygens (including phenoxy) is 2. The molecule has 3 rings (SSSR count). The minimum Gasteiger partial charge on any atom is -0.478 e. The van der Waals surface area contributed by atoms with Gasteiger partial charge in [-0.25, -0.2) is 4.79 Å². The fourth-order valence-corrected chi connectivity index (χ4v) is 2.78. The van der Waals surface area contributed by atoms with Gasteiger partial charge in [0, 0.05) is 29.2 Å². The molecule has 0 aliphatic heterocycles. The van der Waals surface area contributed by atoms with Crippen molar-refractivity contribution >= 4 is 29.0 Å². The van der Waals surface area contributed by atoms with Crippen LogP contribution in [0.15, 0.2) is 54.6 Å². The summed E-state index contributed by atoms with van der Waals surface area (Å²) < 4.78 is 12.6. The second-order valence-corrected chi connectivity index (χ2v) is 5.84. The minimum absolute atomic E-state index is 0.396. The highest BCUT2D eigenvalue weighted by Crippen LogP contribution is 2.24. The Kier molecular flexibility index (Phi) is 4.89. The van der Waals surface area contributed by atoms with E-state index in [0.29, 0.717) is 5.75 Å². The number of nitrogens with zero attached hydrogens (tertiary/aromatic N) is 1. The zero-order valence-electron chi connectivity index (χ0n) is 14.6. The maximum Gasteiger partial charge on any atom is 0.346 e. The van der Waals surface area contributed by atoms with Crippen molar-refractivity contribution in [3.63, 3.8) is 0 Å². The number of aromatic nitrogens is 1. The van der Waals surface area contributed by atoms with Gasteiger partial charge in [0.25, 0.3) is 0 Å². The Morgan fingerprint density at radius 1 is 1.08 bits per heavy atom. The van der Waals surface area contributed by atoms with Gasteiger partial charge in [-0.15, -0.1) is 0 Å². The molecule has 0 N–H and O–H groups in total. The summed E-state index contributed by atoms with van der Waals surface area (Å²) in [6.45, 7) is 1.68. The highest BCUT2D eigenvalue weighted by Gasteiger charge is 2.15. The van der Waals surface area contributed by atoms with Gasteiger partial charge in [0.05, 0.1) is 7.11 Å². The number of rotatable bonds is 5. The Morgan fingerprint density at radius 2 is 1.80 bits per heavy atom. The van der Waals surface area contributed by atoms with E-state index in [-0.39, 0.29) is 0 Å². The Balaban J connectivity index is 1.88. The monoisotopic (exact) mass is 335 g/mol. The van der Waals surface area contributed by atoms with Crippen LogP contribution >= 0.6 is 0 Å². The average molecular weight is 335 g/mol. The van der Waals surface area contributed by atoms with Gasteiger partial charge in [-0.2, -0.15) is 0 Å². The summed E-state index contributed by atoms with van der Waals surface area (Å²) in [5.41, 5.74) is 3.19. The third kappa shape index (κ3) is 3.58. The predicted octanol–water partition coefficient (Wildman–Crippen LogP) is 4.29. The number of aryl methyl sites for hydroxylation is 1. The van der Waals surface area contributed by atoms with E-state index in [4.69, 9.17) is 9.47 Å². The molecule has 0 saturated heterocycles. The molecule has 1 atom stereocenters. The first-order chi connectivity index (χ1) is 12.1. The van der Waals surface area contributed by atoms with E-state index in [2.05, 4.69) is 22.8 Å². The third-order valence-electron chi connectivity index (χ3n) is 4.18. The van der Waals surface area contributed by atoms with Crippen LogP contribution < -0.4 is 4.74 Å². The second kappa shape index (κ2) is 7.26. The normalized spacial score (nSPS) is 12.4. The molecule has 25 heavy (non-hydrogen) atoms. The number of carbonyl (C=O) groups is 1. The maximum atomic E-state index is 11.6. The molecular weight excluding hydrogens is 314 g/mol. The summed E-state index contributed by atoms with van der Waals surface area (Å²) >= 11 is 0. The van der Waals surface area contributed by atoms with E-state index < -0.39 is 12.1 Å². The van der Waals surface area contributed by atoms with E-state index >= 15 is 0 Å². The fourth-order valence-electron chi connectivity index (χ4n) is 2.78. The number of carbonyl (C=O) groups excluding carboxylic acids is 1. The Bertz CT molecular complexity index is 924. The standard InChI is InChI=1S/C21H21NO3/c1-15(21(23)24-3)25-20-11-7-5-8-16(20)12-13-18-14-17-9-4-6-10-19(17)22(18)2/h4-15H,1-3H3/t15-/m1/s1. The number of methoxy groups -OCH3 is 1. The highest BCUT2D eigenvalue weighted by atomic mass is 16.6. The predicted molar refractivity (Wildman–Crippen MR) is 100 cm³/mol. The molecule has 1 heterocycles. The van der Waals surface area contributed by atoms with Crippen molar-refractivity contribution in [1.82, 2.24) is 4.57 Å². The molecule has 0 radical (unpaired) electrons. The first-order valence-electron chi connectivity index (χ1n) is 8.16. The SMILES string of the molecule is COC(=O)[C@@H](C)Oc1ccccc1C=Cc1cc2ccccc2n1C. The number of para-hydroxylation sites is 2. The van der Waals surface area contributed by atoms with Gasteiger partial charge in [0.15, 0.2) is 6.10 Å². The number of hydrogen-bond donors (Lipinski definition) is 0. The molecule has 0 fully saturated rings. The van der Waals surface area contributed by atoms with Crippen molar-refractivity contribution < 1.29 is 14.3 Å². The minimum atomic E-state index is -0.655. The summed E-state index contributed by atoms with van der Waals surface area (Å²) in [6, 6.07) is 18.0. The molecule has 2 aromatic carbocycles. The van der Waals surface area contributed by atoms with Gasteiger partial charge >= 0.3 is 5.97 Å². The zero-order valence-corrected chi connectivity index (χ0v) is 14.6. The van der Waals surface area contributed by atoms with Crippen LogP contribution in [0.25, 0.3) is 23.1 Å². The maximum absolute atomic E-state index is 11.6. The van der Waals surface area contributed by atoms with Crippen molar-refractivity contribution in [1.29, 1.82) is 0 Å². The summed E-state index contributed by atoms with van der Waals surface area (Å²) in [4.78, 5) is 11.6. The van der Waals surface area contributed by atoms with Crippen LogP contribution in [-0.4, -0.2) is 23.8 Å². The zero-order chi connectivity index (χ0) is 17.8. The van der Waals surface area contributed by atoms with Crippen LogP contribution in [-0.2, 0) is 16.6 Å². The molecule has 0 saturated carbocycles. The van der Waals surface area contributed by atoms with Crippen molar-refractivity contribution in [3.8, 4) is 5.75 Å². The van der Waals surface area contributed by atoms with Gasteiger partial charge in [0.1, 0.15) is 5.75 Å². The van der Waals surface area contributed by atoms with E-state index in [1.165, 1.54) is 18.0 Å². The van der Waals surface area contributed by atoms with Crippen molar-refractivity contribution in [2.75, 3.05) is 7.11 Å². The Morgan fingerprint density at radius 3 is 2.56 bits per heavy atom. The van der Waals surface area contributed by atoms with Crippen LogP contribution in [0, 0.1) is 0 Å². The number of hydrogen-bond acceptors (Lipinski definition) is 3. The van der Waals surface area contributed by atoms with Gasteiger partial charge in [-0.1, -0.05) is 36.4 Å². The lowest BCUT2D eigenvalue weighted by Crippen LogP contribution is -2.25. The van der Waals surface area contributed by atoms with Crippen LogP contribution in [0.4, 0.5) is 0 Å². The molecule has 0 aliphatic carbocycles. The van der Waals surface area contributed by atoms with Crippen LogP contribution in [0.5, 0.6) is 5.75 Å². The Labute approximate surface area is 147 Å². The molecule has 0 spiro atoms. The second-order valence-electron chi connectivity index (χ2n) is 5.84. The fraction of sp³-hybridized carbons (Fsp3) is 0.190. The lowest BCUT2D eigenvalue weighted by molar-refractivity contribution is -0.147. The molecule has 0 unspecified atom stereocenters. The van der Waals surface area contributed by atoms with Crippen molar-refractivity contribution in [3.05, 3.63) is 65.9 Å². The molecule has 4 nitrogen and oxygen atoms in total. The van der Waals surface area contributed by atoms with Gasteiger partial charge in [-0.3, -0.25) is 0 Å². The van der Waals surface area contributed by atoms with E-state index in [1.54, 1.807) is 6.92 Å². The van der Waals surface area contributed by atoms with Gasteiger partial charge < -0.3 is 14.0 Å². The lowest BCUT2D eigenvalue weighted by atomic mass is 10.1. The molecule has 4 heteroatoms. The van der Waals surface area contributed by atoms with Crippen molar-refractivity contribution in [2.45, 2.75) is 13.0 Å². The molecular formula is C21H21NO3. The number of fused-ring (bicyclic) bond motifs is 1. The molecule has 1 aromatic heterocycles. The largest absolute Gasteiger partial charge is 0.478 e. The smallest absolute Gasteiger partial charge is 0.346 e. The lowest BCUT2D eigenvalue weighted by Gasteiger charge is -2.14. The summed E-state index contributed by atoms with van der Waals surface area (Å²) in [5, 5.41) is 1.20. The molecule has 0 amide bonds. The third-order valence-corrected chi connectivity index (χ3v) is 4.18. The number of esters is 1. The highest BCUT2D eigenvalue weighted by molar-refractivity contribution is 5.85. The van der Waals surface area contributed by atoms with E-state index in [0.717, 1.165) is 11.3 Å². The summed E-state index contributed by atoms with van der Waals surface area (Å²) in [7, 11) is 3.40. The van der Waals surface area contributed by atoms with E-state index in [1.807, 2.05) is 55.6 Å². The van der Waals surface area contributed by atoms with Crippen LogP contribution in [0.3, 0.4) is 0 Å². The molecule has 0 bridgehead atoms. The van der Waals surface area contributed by atoms with Crippen LogP contribution in [0.2, 0.25) is 0 Å². The average Bonchev–Trinajstić information content (AvgIpc) is 2.96. The quantitative estimate of drug-likeness (QED) is 0.653. The Hall–Kier alpha value is -3.01. The van der Waals surface area contributed by atoms with Crippen LogP contribution in [0.1, 0.15) is 18.2 Å². The first kappa shape index (κ1) is 16.8. The molecule has 128 valence electrons. The van der Waals surface area contributed by atoms with Gasteiger partial charge in [-0.05, 0) is 37.3 Å². The topological polar surface area (TPSA) is 40.5 Å². The van der Waals surface area contributed by atoms with Crippen molar-refractivity contribution in [2.24, 2.45) is 7.05 Å². The summed E-state index contributed by atoms with van der Waals surface area (Å²) in [6.07, 6.45) is 3.38. The first-order valence-corrected chi connectivity index (χ1v) is 8.16. The summed E-state index contributed by atoms with van der Waals surface area (Å²) in [5.74, 6) is 0.253. The molecule has 3 aromatic rings. The van der Waals surface area contributed by atoms with E-state index in [9.17, 15) is 4.79 Å².